The summed E-state index contributed by atoms with van der Waals surface area (Å²) in [6.07, 6.45) is 1.97. The summed E-state index contributed by atoms with van der Waals surface area (Å²) in [5, 5.41) is 0. The minimum absolute atomic E-state index is 0.137. The Labute approximate surface area is 125 Å². The maximum atomic E-state index is 6.42. The van der Waals surface area contributed by atoms with Crippen LogP contribution in [0, 0.1) is 0 Å². The van der Waals surface area contributed by atoms with Crippen LogP contribution in [0.4, 0.5) is 0 Å². The maximum absolute atomic E-state index is 6.42. The van der Waals surface area contributed by atoms with Gasteiger partial charge in [-0.25, -0.2) is 0 Å². The number of fused-ring (bicyclic) bond motifs is 1. The van der Waals surface area contributed by atoms with Gasteiger partial charge >= 0.3 is 0 Å². The molecule has 2 aromatic carbocycles. The van der Waals surface area contributed by atoms with Gasteiger partial charge in [-0.1, -0.05) is 30.3 Å². The zero-order valence-electron chi connectivity index (χ0n) is 12.5. The van der Waals surface area contributed by atoms with E-state index in [4.69, 9.17) is 15.2 Å². The van der Waals surface area contributed by atoms with Crippen molar-refractivity contribution >= 4 is 0 Å². The van der Waals surface area contributed by atoms with Crippen LogP contribution in [0.2, 0.25) is 0 Å². The molecule has 3 nitrogen and oxygen atoms in total. The molecule has 21 heavy (non-hydrogen) atoms. The van der Waals surface area contributed by atoms with Crippen molar-refractivity contribution in [3.63, 3.8) is 0 Å². The molecule has 1 aliphatic rings. The summed E-state index contributed by atoms with van der Waals surface area (Å²) < 4.78 is 10.9. The fourth-order valence-electron chi connectivity index (χ4n) is 3.25. The molecule has 0 fully saturated rings. The molecule has 0 aromatic heterocycles. The van der Waals surface area contributed by atoms with Crippen LogP contribution in [0.3, 0.4) is 0 Å². The van der Waals surface area contributed by atoms with E-state index in [2.05, 4.69) is 36.4 Å². The maximum Gasteiger partial charge on any atom is 0.161 e. The van der Waals surface area contributed by atoms with Gasteiger partial charge in [-0.3, -0.25) is 0 Å². The highest BCUT2D eigenvalue weighted by atomic mass is 16.5. The van der Waals surface area contributed by atoms with Gasteiger partial charge in [0.2, 0.25) is 0 Å². The third-order valence-corrected chi connectivity index (χ3v) is 4.31. The van der Waals surface area contributed by atoms with Crippen LogP contribution in [0.25, 0.3) is 0 Å². The van der Waals surface area contributed by atoms with E-state index in [1.807, 2.05) is 6.07 Å². The van der Waals surface area contributed by atoms with Crippen molar-refractivity contribution in [2.45, 2.75) is 24.8 Å². The van der Waals surface area contributed by atoms with Crippen LogP contribution in [-0.2, 0) is 6.42 Å². The van der Waals surface area contributed by atoms with Crippen LogP contribution in [0.15, 0.2) is 42.5 Å². The summed E-state index contributed by atoms with van der Waals surface area (Å²) in [5.41, 5.74) is 10.2. The Hall–Kier alpha value is -2.00. The van der Waals surface area contributed by atoms with Crippen molar-refractivity contribution in [2.24, 2.45) is 5.73 Å². The van der Waals surface area contributed by atoms with Crippen LogP contribution in [-0.4, -0.2) is 20.3 Å². The minimum atomic E-state index is 0.137. The summed E-state index contributed by atoms with van der Waals surface area (Å²) in [4.78, 5) is 0. The van der Waals surface area contributed by atoms with Crippen LogP contribution >= 0.6 is 0 Å². The zero-order chi connectivity index (χ0) is 14.8. The SMILES string of the molecule is COc1cc2c(cc1OC)[C@@H](c1ccccc1)C(N)CC2. The van der Waals surface area contributed by atoms with Crippen LogP contribution in [0.5, 0.6) is 11.5 Å². The fraction of sp³-hybridized carbons (Fsp3) is 0.333. The molecule has 1 unspecified atom stereocenters. The highest BCUT2D eigenvalue weighted by molar-refractivity contribution is 5.52. The van der Waals surface area contributed by atoms with E-state index in [1.54, 1.807) is 14.2 Å². The Bertz CT molecular complexity index is 625. The summed E-state index contributed by atoms with van der Waals surface area (Å²) in [6.45, 7) is 0. The van der Waals surface area contributed by atoms with Gasteiger partial charge in [-0.2, -0.15) is 0 Å². The number of benzene rings is 2. The van der Waals surface area contributed by atoms with Gasteiger partial charge in [-0.05, 0) is 41.7 Å². The molecule has 2 atom stereocenters. The molecule has 1 aliphatic carbocycles. The molecule has 0 heterocycles. The van der Waals surface area contributed by atoms with E-state index in [-0.39, 0.29) is 12.0 Å². The topological polar surface area (TPSA) is 44.5 Å². The van der Waals surface area contributed by atoms with Crippen molar-refractivity contribution in [3.8, 4) is 11.5 Å². The average Bonchev–Trinajstić information content (AvgIpc) is 2.54. The van der Waals surface area contributed by atoms with Gasteiger partial charge in [0.05, 0.1) is 14.2 Å². The normalized spacial score (nSPS) is 20.7. The van der Waals surface area contributed by atoms with Gasteiger partial charge in [0, 0.05) is 12.0 Å². The van der Waals surface area contributed by atoms with Crippen molar-refractivity contribution in [1.82, 2.24) is 0 Å². The Morgan fingerprint density at radius 3 is 2.33 bits per heavy atom. The predicted molar refractivity (Wildman–Crippen MR) is 84.1 cm³/mol. The molecule has 0 amide bonds. The summed E-state index contributed by atoms with van der Waals surface area (Å²) in [7, 11) is 3.35. The first-order valence-electron chi connectivity index (χ1n) is 7.30. The quantitative estimate of drug-likeness (QED) is 0.941. The second kappa shape index (κ2) is 5.78. The minimum Gasteiger partial charge on any atom is -0.493 e. The number of ether oxygens (including phenoxy) is 2. The highest BCUT2D eigenvalue weighted by Crippen LogP contribution is 2.41. The molecule has 0 aliphatic heterocycles. The molecule has 0 spiro atoms. The second-order valence-electron chi connectivity index (χ2n) is 5.50. The summed E-state index contributed by atoms with van der Waals surface area (Å²) in [5.74, 6) is 1.78. The van der Waals surface area contributed by atoms with Gasteiger partial charge in [0.25, 0.3) is 0 Å². The molecular formula is C18H21NO2. The standard InChI is InChI=1S/C18H21NO2/c1-20-16-10-13-8-9-15(19)18(12-6-4-3-5-7-12)14(13)11-17(16)21-2/h3-7,10-11,15,18H,8-9,19H2,1-2H3/t15?,18-/m1/s1. The first-order valence-corrected chi connectivity index (χ1v) is 7.30. The molecule has 2 aromatic rings. The fourth-order valence-corrected chi connectivity index (χ4v) is 3.25. The lowest BCUT2D eigenvalue weighted by Crippen LogP contribution is -2.33. The second-order valence-corrected chi connectivity index (χ2v) is 5.50. The molecule has 110 valence electrons. The van der Waals surface area contributed by atoms with Crippen molar-refractivity contribution < 1.29 is 9.47 Å². The van der Waals surface area contributed by atoms with Crippen molar-refractivity contribution in [2.75, 3.05) is 14.2 Å². The molecule has 0 bridgehead atoms. The summed E-state index contributed by atoms with van der Waals surface area (Å²) in [6, 6.07) is 14.8. The van der Waals surface area contributed by atoms with Crippen molar-refractivity contribution in [3.05, 3.63) is 59.2 Å². The first kappa shape index (κ1) is 14.0. The van der Waals surface area contributed by atoms with Gasteiger partial charge < -0.3 is 15.2 Å². The van der Waals surface area contributed by atoms with Crippen LogP contribution < -0.4 is 15.2 Å². The number of hydrogen-bond acceptors (Lipinski definition) is 3. The number of aryl methyl sites for hydroxylation is 1. The van der Waals surface area contributed by atoms with Crippen LogP contribution in [0.1, 0.15) is 29.0 Å². The van der Waals surface area contributed by atoms with Crippen molar-refractivity contribution in [1.29, 1.82) is 0 Å². The number of nitrogens with two attached hydrogens (primary N) is 1. The van der Waals surface area contributed by atoms with E-state index in [9.17, 15) is 0 Å². The molecule has 3 heteroatoms. The Morgan fingerprint density at radius 1 is 1.00 bits per heavy atom. The Morgan fingerprint density at radius 2 is 1.67 bits per heavy atom. The van der Waals surface area contributed by atoms with Gasteiger partial charge in [-0.15, -0.1) is 0 Å². The molecule has 0 radical (unpaired) electrons. The lowest BCUT2D eigenvalue weighted by molar-refractivity contribution is 0.352. The van der Waals surface area contributed by atoms with Gasteiger partial charge in [0.1, 0.15) is 0 Å². The van der Waals surface area contributed by atoms with Gasteiger partial charge in [0.15, 0.2) is 11.5 Å². The largest absolute Gasteiger partial charge is 0.493 e. The van der Waals surface area contributed by atoms with E-state index >= 15 is 0 Å². The lowest BCUT2D eigenvalue weighted by atomic mass is 9.76. The predicted octanol–water partition coefficient (Wildman–Crippen LogP) is 3.11. The van der Waals surface area contributed by atoms with E-state index < -0.39 is 0 Å². The highest BCUT2D eigenvalue weighted by Gasteiger charge is 2.29. The average molecular weight is 283 g/mol. The Kier molecular flexibility index (Phi) is 3.84. The molecule has 0 saturated carbocycles. The smallest absolute Gasteiger partial charge is 0.161 e. The Balaban J connectivity index is 2.13. The molecule has 3 rings (SSSR count). The third kappa shape index (κ3) is 2.49. The molecule has 0 saturated heterocycles. The van der Waals surface area contributed by atoms with E-state index in [1.165, 1.54) is 16.7 Å². The zero-order valence-corrected chi connectivity index (χ0v) is 12.5. The van der Waals surface area contributed by atoms with E-state index in [0.29, 0.717) is 0 Å². The monoisotopic (exact) mass is 283 g/mol. The third-order valence-electron chi connectivity index (χ3n) is 4.31. The lowest BCUT2D eigenvalue weighted by Gasteiger charge is -2.32. The number of rotatable bonds is 3. The molecular weight excluding hydrogens is 262 g/mol. The first-order chi connectivity index (χ1) is 10.2. The number of hydrogen-bond donors (Lipinski definition) is 1. The van der Waals surface area contributed by atoms with E-state index in [0.717, 1.165) is 24.3 Å². The molecule has 2 N–H and O–H groups in total. The number of methoxy groups -OCH3 is 2. The summed E-state index contributed by atoms with van der Waals surface area (Å²) >= 11 is 0.